The van der Waals surface area contributed by atoms with Crippen molar-refractivity contribution in [3.05, 3.63) is 17.8 Å². The molecule has 0 aliphatic carbocycles. The normalized spacial score (nSPS) is 16.3. The second-order valence-corrected chi connectivity index (χ2v) is 7.06. The predicted molar refractivity (Wildman–Crippen MR) is 87.4 cm³/mol. The Morgan fingerprint density at radius 1 is 1.26 bits per heavy atom. The molecular weight excluding hydrogens is 294 g/mol. The number of nitrogens with zero attached hydrogens (tertiary/aromatic N) is 3. The first kappa shape index (κ1) is 17.5. The SMILES string of the molecule is Cc1ccc(OCCC2CCN(C(=O)OC(C)(C)C)CC2)nn1. The van der Waals surface area contributed by atoms with Gasteiger partial charge >= 0.3 is 6.09 Å². The monoisotopic (exact) mass is 321 g/mol. The number of piperidine rings is 1. The van der Waals surface area contributed by atoms with Gasteiger partial charge in [0.15, 0.2) is 0 Å². The summed E-state index contributed by atoms with van der Waals surface area (Å²) in [6, 6.07) is 3.73. The van der Waals surface area contributed by atoms with Gasteiger partial charge < -0.3 is 14.4 Å². The van der Waals surface area contributed by atoms with Gasteiger partial charge in [-0.25, -0.2) is 4.79 Å². The Bertz CT molecular complexity index is 503. The van der Waals surface area contributed by atoms with Crippen molar-refractivity contribution in [2.24, 2.45) is 5.92 Å². The first-order valence-corrected chi connectivity index (χ1v) is 8.24. The van der Waals surface area contributed by atoms with E-state index in [1.807, 2.05) is 39.8 Å². The van der Waals surface area contributed by atoms with E-state index in [0.29, 0.717) is 18.4 Å². The van der Waals surface area contributed by atoms with Crippen molar-refractivity contribution in [2.75, 3.05) is 19.7 Å². The number of amides is 1. The van der Waals surface area contributed by atoms with Gasteiger partial charge in [-0.3, -0.25) is 0 Å². The maximum Gasteiger partial charge on any atom is 0.410 e. The number of carbonyl (C=O) groups excluding carboxylic acids is 1. The molecule has 0 unspecified atom stereocenters. The summed E-state index contributed by atoms with van der Waals surface area (Å²) in [5, 5.41) is 7.96. The first-order valence-electron chi connectivity index (χ1n) is 8.24. The number of aromatic nitrogens is 2. The third kappa shape index (κ3) is 6.04. The quantitative estimate of drug-likeness (QED) is 0.852. The molecule has 0 radical (unpaired) electrons. The second-order valence-electron chi connectivity index (χ2n) is 7.06. The molecular formula is C17H27N3O3. The van der Waals surface area contributed by atoms with Crippen molar-refractivity contribution in [1.82, 2.24) is 15.1 Å². The highest BCUT2D eigenvalue weighted by molar-refractivity contribution is 5.68. The fourth-order valence-electron chi connectivity index (χ4n) is 2.52. The molecule has 2 rings (SSSR count). The molecule has 0 N–H and O–H groups in total. The summed E-state index contributed by atoms with van der Waals surface area (Å²) in [7, 11) is 0. The van der Waals surface area contributed by atoms with E-state index in [9.17, 15) is 4.79 Å². The lowest BCUT2D eigenvalue weighted by atomic mass is 9.94. The van der Waals surface area contributed by atoms with Gasteiger partial charge in [-0.2, -0.15) is 5.10 Å². The molecule has 1 aliphatic rings. The van der Waals surface area contributed by atoms with E-state index in [1.54, 1.807) is 4.90 Å². The summed E-state index contributed by atoms with van der Waals surface area (Å²) < 4.78 is 11.0. The van der Waals surface area contributed by atoms with Gasteiger partial charge in [0, 0.05) is 19.2 Å². The topological polar surface area (TPSA) is 64.5 Å². The minimum absolute atomic E-state index is 0.206. The lowest BCUT2D eigenvalue weighted by Gasteiger charge is -2.33. The predicted octanol–water partition coefficient (Wildman–Crippen LogP) is 3.20. The van der Waals surface area contributed by atoms with Crippen LogP contribution >= 0.6 is 0 Å². The van der Waals surface area contributed by atoms with Crippen LogP contribution in [-0.2, 0) is 4.74 Å². The minimum Gasteiger partial charge on any atom is -0.477 e. The van der Waals surface area contributed by atoms with E-state index in [4.69, 9.17) is 9.47 Å². The molecule has 0 atom stereocenters. The van der Waals surface area contributed by atoms with Crippen LogP contribution in [0, 0.1) is 12.8 Å². The van der Waals surface area contributed by atoms with Crippen molar-refractivity contribution < 1.29 is 14.3 Å². The van der Waals surface area contributed by atoms with Crippen molar-refractivity contribution in [1.29, 1.82) is 0 Å². The smallest absolute Gasteiger partial charge is 0.410 e. The molecule has 1 amide bonds. The van der Waals surface area contributed by atoms with Crippen LogP contribution in [-0.4, -0.2) is 46.5 Å². The molecule has 0 saturated carbocycles. The second kappa shape index (κ2) is 7.62. The number of hydrogen-bond acceptors (Lipinski definition) is 5. The fraction of sp³-hybridized carbons (Fsp3) is 0.706. The maximum absolute atomic E-state index is 12.0. The third-order valence-electron chi connectivity index (χ3n) is 3.82. The minimum atomic E-state index is -0.434. The van der Waals surface area contributed by atoms with Crippen LogP contribution in [0.25, 0.3) is 0 Å². The van der Waals surface area contributed by atoms with Gasteiger partial charge in [0.25, 0.3) is 0 Å². The molecule has 128 valence electrons. The highest BCUT2D eigenvalue weighted by atomic mass is 16.6. The Hall–Kier alpha value is -1.85. The van der Waals surface area contributed by atoms with E-state index in [0.717, 1.165) is 38.0 Å². The lowest BCUT2D eigenvalue weighted by Crippen LogP contribution is -2.41. The molecule has 1 aromatic heterocycles. The molecule has 1 aliphatic heterocycles. The first-order chi connectivity index (χ1) is 10.8. The average molecular weight is 321 g/mol. The zero-order chi connectivity index (χ0) is 16.9. The van der Waals surface area contributed by atoms with Crippen LogP contribution in [0.2, 0.25) is 0 Å². The Morgan fingerprint density at radius 2 is 1.96 bits per heavy atom. The number of aryl methyl sites for hydroxylation is 1. The van der Waals surface area contributed by atoms with Crippen LogP contribution in [0.4, 0.5) is 4.79 Å². The van der Waals surface area contributed by atoms with Crippen molar-refractivity contribution >= 4 is 6.09 Å². The van der Waals surface area contributed by atoms with Gasteiger partial charge in [0.05, 0.1) is 12.3 Å². The van der Waals surface area contributed by atoms with Crippen LogP contribution < -0.4 is 4.74 Å². The average Bonchev–Trinajstić information content (AvgIpc) is 2.48. The zero-order valence-corrected chi connectivity index (χ0v) is 14.5. The Morgan fingerprint density at radius 3 is 2.52 bits per heavy atom. The highest BCUT2D eigenvalue weighted by Crippen LogP contribution is 2.22. The number of carbonyl (C=O) groups is 1. The van der Waals surface area contributed by atoms with E-state index < -0.39 is 5.60 Å². The molecule has 2 heterocycles. The third-order valence-corrected chi connectivity index (χ3v) is 3.82. The van der Waals surface area contributed by atoms with Crippen LogP contribution in [0.1, 0.15) is 45.7 Å². The van der Waals surface area contributed by atoms with Gasteiger partial charge in [0.1, 0.15) is 5.60 Å². The molecule has 6 heteroatoms. The van der Waals surface area contributed by atoms with Gasteiger partial charge in [-0.1, -0.05) is 0 Å². The molecule has 23 heavy (non-hydrogen) atoms. The largest absolute Gasteiger partial charge is 0.477 e. The Labute approximate surface area is 138 Å². The van der Waals surface area contributed by atoms with Gasteiger partial charge in [0.2, 0.25) is 5.88 Å². The fourth-order valence-corrected chi connectivity index (χ4v) is 2.52. The Kier molecular flexibility index (Phi) is 5.80. The van der Waals surface area contributed by atoms with E-state index >= 15 is 0 Å². The molecule has 0 spiro atoms. The summed E-state index contributed by atoms with van der Waals surface area (Å²) in [6.07, 6.45) is 2.74. The number of hydrogen-bond donors (Lipinski definition) is 0. The number of rotatable bonds is 4. The molecule has 0 bridgehead atoms. The summed E-state index contributed by atoms with van der Waals surface area (Å²) in [5.41, 5.74) is 0.448. The summed E-state index contributed by atoms with van der Waals surface area (Å²) in [5.74, 6) is 1.15. The lowest BCUT2D eigenvalue weighted by molar-refractivity contribution is 0.0177. The molecule has 6 nitrogen and oxygen atoms in total. The van der Waals surface area contributed by atoms with Crippen molar-refractivity contribution in [2.45, 2.75) is 52.6 Å². The molecule has 1 saturated heterocycles. The molecule has 1 aromatic rings. The van der Waals surface area contributed by atoms with Crippen LogP contribution in [0.3, 0.4) is 0 Å². The van der Waals surface area contributed by atoms with Gasteiger partial charge in [-0.15, -0.1) is 5.10 Å². The standard InChI is InChI=1S/C17H27N3O3/c1-13-5-6-15(19-18-13)22-12-9-14-7-10-20(11-8-14)16(21)23-17(2,3)4/h5-6,14H,7-12H2,1-4H3. The van der Waals surface area contributed by atoms with Gasteiger partial charge in [-0.05, 0) is 58.9 Å². The molecule has 0 aromatic carbocycles. The van der Waals surface area contributed by atoms with Crippen LogP contribution in [0.5, 0.6) is 5.88 Å². The van der Waals surface area contributed by atoms with E-state index in [-0.39, 0.29) is 6.09 Å². The summed E-state index contributed by atoms with van der Waals surface area (Å²) in [4.78, 5) is 13.8. The molecule has 1 fully saturated rings. The number of likely N-dealkylation sites (tertiary alicyclic amines) is 1. The Balaban J connectivity index is 1.66. The van der Waals surface area contributed by atoms with E-state index in [2.05, 4.69) is 10.2 Å². The summed E-state index contributed by atoms with van der Waals surface area (Å²) >= 11 is 0. The maximum atomic E-state index is 12.0. The number of ether oxygens (including phenoxy) is 2. The van der Waals surface area contributed by atoms with E-state index in [1.165, 1.54) is 0 Å². The highest BCUT2D eigenvalue weighted by Gasteiger charge is 2.26. The summed E-state index contributed by atoms with van der Waals surface area (Å²) in [6.45, 7) is 9.72. The van der Waals surface area contributed by atoms with Crippen molar-refractivity contribution in [3.8, 4) is 5.88 Å². The zero-order valence-electron chi connectivity index (χ0n) is 14.5. The van der Waals surface area contributed by atoms with Crippen molar-refractivity contribution in [3.63, 3.8) is 0 Å². The van der Waals surface area contributed by atoms with Crippen LogP contribution in [0.15, 0.2) is 12.1 Å².